The van der Waals surface area contributed by atoms with Crippen LogP contribution in [0.15, 0.2) is 16.9 Å². The highest BCUT2D eigenvalue weighted by atomic mass is 79.9. The molecule has 1 N–H and O–H groups in total. The van der Waals surface area contributed by atoms with Crippen molar-refractivity contribution in [2.45, 2.75) is 39.3 Å². The zero-order chi connectivity index (χ0) is 12.9. The first-order chi connectivity index (χ1) is 7.87. The number of hydrogen-bond donors (Lipinski definition) is 1. The van der Waals surface area contributed by atoms with E-state index in [-0.39, 0.29) is 6.09 Å². The van der Waals surface area contributed by atoms with Gasteiger partial charge in [0.1, 0.15) is 5.60 Å². The Hall–Kier alpha value is -1.04. The topological polar surface area (TPSA) is 56.1 Å². The van der Waals surface area contributed by atoms with Gasteiger partial charge in [-0.3, -0.25) is 4.68 Å². The smallest absolute Gasteiger partial charge is 0.407 e. The first kappa shape index (κ1) is 14.0. The first-order valence-corrected chi connectivity index (χ1v) is 6.31. The Labute approximate surface area is 110 Å². The number of amides is 1. The third-order valence-electron chi connectivity index (χ3n) is 1.83. The fraction of sp³-hybridized carbons (Fsp3) is 0.636. The van der Waals surface area contributed by atoms with Gasteiger partial charge in [-0.05, 0) is 43.1 Å². The van der Waals surface area contributed by atoms with Gasteiger partial charge in [0.25, 0.3) is 0 Å². The van der Waals surface area contributed by atoms with E-state index in [1.54, 1.807) is 6.20 Å². The monoisotopic (exact) mass is 303 g/mol. The molecule has 0 saturated heterocycles. The van der Waals surface area contributed by atoms with Gasteiger partial charge < -0.3 is 10.1 Å². The summed E-state index contributed by atoms with van der Waals surface area (Å²) < 4.78 is 7.89. The Bertz CT molecular complexity index is 371. The van der Waals surface area contributed by atoms with E-state index in [1.807, 2.05) is 31.6 Å². The lowest BCUT2D eigenvalue weighted by Crippen LogP contribution is -2.33. The van der Waals surface area contributed by atoms with Crippen LogP contribution < -0.4 is 5.32 Å². The highest BCUT2D eigenvalue weighted by molar-refractivity contribution is 9.10. The summed E-state index contributed by atoms with van der Waals surface area (Å²) in [5, 5.41) is 6.82. The second-order valence-electron chi connectivity index (χ2n) is 4.70. The molecule has 1 rings (SSSR count). The van der Waals surface area contributed by atoms with Crippen molar-refractivity contribution in [1.82, 2.24) is 15.1 Å². The lowest BCUT2D eigenvalue weighted by atomic mass is 10.2. The van der Waals surface area contributed by atoms with Gasteiger partial charge in [-0.2, -0.15) is 5.10 Å². The molecule has 0 aromatic carbocycles. The summed E-state index contributed by atoms with van der Waals surface area (Å²) in [6, 6.07) is 0. The molecule has 0 fully saturated rings. The Kier molecular flexibility index (Phi) is 4.99. The van der Waals surface area contributed by atoms with Crippen LogP contribution in [0, 0.1) is 0 Å². The van der Waals surface area contributed by atoms with Gasteiger partial charge in [-0.1, -0.05) is 0 Å². The number of nitrogens with zero attached hydrogens (tertiary/aromatic N) is 2. The van der Waals surface area contributed by atoms with Gasteiger partial charge in [0.15, 0.2) is 0 Å². The van der Waals surface area contributed by atoms with Gasteiger partial charge in [-0.15, -0.1) is 0 Å². The van der Waals surface area contributed by atoms with Crippen molar-refractivity contribution in [3.05, 3.63) is 16.9 Å². The molecule has 0 saturated carbocycles. The van der Waals surface area contributed by atoms with Crippen LogP contribution in [0.5, 0.6) is 0 Å². The summed E-state index contributed by atoms with van der Waals surface area (Å²) in [7, 11) is 0. The summed E-state index contributed by atoms with van der Waals surface area (Å²) in [6.45, 7) is 6.86. The Morgan fingerprint density at radius 2 is 2.29 bits per heavy atom. The summed E-state index contributed by atoms with van der Waals surface area (Å²) in [4.78, 5) is 11.3. The van der Waals surface area contributed by atoms with Gasteiger partial charge >= 0.3 is 6.09 Å². The van der Waals surface area contributed by atoms with Crippen LogP contribution in [0.4, 0.5) is 4.79 Å². The minimum atomic E-state index is -0.447. The molecule has 0 aliphatic heterocycles. The van der Waals surface area contributed by atoms with Crippen molar-refractivity contribution in [2.75, 3.05) is 6.54 Å². The highest BCUT2D eigenvalue weighted by Gasteiger charge is 2.15. The maximum atomic E-state index is 11.3. The molecule has 0 atom stereocenters. The molecular weight excluding hydrogens is 286 g/mol. The molecule has 0 bridgehead atoms. The molecule has 6 heteroatoms. The number of aryl methyl sites for hydroxylation is 1. The van der Waals surface area contributed by atoms with Gasteiger partial charge in [0, 0.05) is 19.3 Å². The van der Waals surface area contributed by atoms with Crippen LogP contribution in [-0.4, -0.2) is 28.0 Å². The van der Waals surface area contributed by atoms with Crippen LogP contribution in [0.3, 0.4) is 0 Å². The zero-order valence-electron chi connectivity index (χ0n) is 10.4. The van der Waals surface area contributed by atoms with Crippen molar-refractivity contribution in [3.63, 3.8) is 0 Å². The maximum absolute atomic E-state index is 11.3. The molecule has 0 radical (unpaired) electrons. The van der Waals surface area contributed by atoms with E-state index in [9.17, 15) is 4.79 Å². The maximum Gasteiger partial charge on any atom is 0.407 e. The van der Waals surface area contributed by atoms with Crippen molar-refractivity contribution in [1.29, 1.82) is 0 Å². The third-order valence-corrected chi connectivity index (χ3v) is 2.24. The van der Waals surface area contributed by atoms with Crippen LogP contribution in [0.25, 0.3) is 0 Å². The van der Waals surface area contributed by atoms with E-state index in [1.165, 1.54) is 0 Å². The Balaban J connectivity index is 2.14. The lowest BCUT2D eigenvalue weighted by molar-refractivity contribution is 0.0526. The summed E-state index contributed by atoms with van der Waals surface area (Å²) in [5.74, 6) is 0. The number of halogens is 1. The van der Waals surface area contributed by atoms with Gasteiger partial charge in [0.2, 0.25) is 0 Å². The summed E-state index contributed by atoms with van der Waals surface area (Å²) >= 11 is 3.32. The predicted octanol–water partition coefficient (Wildman–Crippen LogP) is 2.56. The lowest BCUT2D eigenvalue weighted by Gasteiger charge is -2.19. The summed E-state index contributed by atoms with van der Waals surface area (Å²) in [6.07, 6.45) is 4.07. The number of carbonyl (C=O) groups is 1. The largest absolute Gasteiger partial charge is 0.444 e. The van der Waals surface area contributed by atoms with E-state index in [4.69, 9.17) is 4.74 Å². The van der Waals surface area contributed by atoms with Gasteiger partial charge in [0.05, 0.1) is 10.7 Å². The molecule has 96 valence electrons. The normalized spacial score (nSPS) is 11.3. The first-order valence-electron chi connectivity index (χ1n) is 5.51. The molecule has 0 unspecified atom stereocenters. The number of aromatic nitrogens is 2. The standard InChI is InChI=1S/C11H18BrN3O2/c1-11(2,3)17-10(16)13-5-4-6-15-8-9(12)7-14-15/h7-8H,4-6H2,1-3H3,(H,13,16). The van der Waals surface area contributed by atoms with Crippen molar-refractivity contribution >= 4 is 22.0 Å². The van der Waals surface area contributed by atoms with Gasteiger partial charge in [-0.25, -0.2) is 4.79 Å². The minimum Gasteiger partial charge on any atom is -0.444 e. The number of rotatable bonds is 4. The molecule has 1 heterocycles. The quantitative estimate of drug-likeness (QED) is 0.870. The summed E-state index contributed by atoms with van der Waals surface area (Å²) in [5.41, 5.74) is -0.447. The molecule has 0 aliphatic rings. The Morgan fingerprint density at radius 3 is 2.82 bits per heavy atom. The van der Waals surface area contributed by atoms with Crippen LogP contribution in [0.1, 0.15) is 27.2 Å². The molecule has 0 aliphatic carbocycles. The molecule has 5 nitrogen and oxygen atoms in total. The fourth-order valence-corrected chi connectivity index (χ4v) is 1.53. The Morgan fingerprint density at radius 1 is 1.59 bits per heavy atom. The van der Waals surface area contributed by atoms with Crippen LogP contribution in [-0.2, 0) is 11.3 Å². The fourth-order valence-electron chi connectivity index (χ4n) is 1.21. The van der Waals surface area contributed by atoms with E-state index in [2.05, 4.69) is 26.3 Å². The second-order valence-corrected chi connectivity index (χ2v) is 5.62. The highest BCUT2D eigenvalue weighted by Crippen LogP contribution is 2.07. The molecule has 1 aromatic rings. The number of nitrogens with one attached hydrogen (secondary N) is 1. The van der Waals surface area contributed by atoms with Crippen LogP contribution >= 0.6 is 15.9 Å². The zero-order valence-corrected chi connectivity index (χ0v) is 12.0. The molecule has 1 amide bonds. The molecule has 0 spiro atoms. The minimum absolute atomic E-state index is 0.376. The van der Waals surface area contributed by atoms with E-state index in [0.29, 0.717) is 6.54 Å². The third kappa shape index (κ3) is 6.31. The van der Waals surface area contributed by atoms with E-state index < -0.39 is 5.60 Å². The van der Waals surface area contributed by atoms with E-state index in [0.717, 1.165) is 17.4 Å². The molecule has 17 heavy (non-hydrogen) atoms. The molecular formula is C11H18BrN3O2. The van der Waals surface area contributed by atoms with E-state index >= 15 is 0 Å². The van der Waals surface area contributed by atoms with Crippen molar-refractivity contribution in [3.8, 4) is 0 Å². The average Bonchev–Trinajstić information content (AvgIpc) is 2.56. The number of carbonyl (C=O) groups excluding carboxylic acids is 1. The SMILES string of the molecule is CC(C)(C)OC(=O)NCCCn1cc(Br)cn1. The predicted molar refractivity (Wildman–Crippen MR) is 68.8 cm³/mol. The van der Waals surface area contributed by atoms with Crippen molar-refractivity contribution < 1.29 is 9.53 Å². The second kappa shape index (κ2) is 6.05. The molecule has 1 aromatic heterocycles. The average molecular weight is 304 g/mol. The number of ether oxygens (including phenoxy) is 1. The van der Waals surface area contributed by atoms with Crippen LogP contribution in [0.2, 0.25) is 0 Å². The number of hydrogen-bond acceptors (Lipinski definition) is 3. The number of alkyl carbamates (subject to hydrolysis) is 1. The van der Waals surface area contributed by atoms with Crippen molar-refractivity contribution in [2.24, 2.45) is 0 Å².